The number of halogens is 2. The van der Waals surface area contributed by atoms with Gasteiger partial charge in [0.2, 0.25) is 0 Å². The predicted octanol–water partition coefficient (Wildman–Crippen LogP) is 2.09. The summed E-state index contributed by atoms with van der Waals surface area (Å²) in [5.74, 6) is -0.337. The van der Waals surface area contributed by atoms with Gasteiger partial charge in [-0.1, -0.05) is 12.1 Å². The Bertz CT molecular complexity index is 256. The van der Waals surface area contributed by atoms with Crippen molar-refractivity contribution in [1.29, 1.82) is 0 Å². The van der Waals surface area contributed by atoms with Gasteiger partial charge in [0.25, 0.3) is 0 Å². The number of rotatable bonds is 3. The Balaban J connectivity index is 2.59. The predicted molar refractivity (Wildman–Crippen MR) is 46.7 cm³/mol. The van der Waals surface area contributed by atoms with E-state index in [2.05, 4.69) is 0 Å². The zero-order valence-corrected chi connectivity index (χ0v) is 7.37. The first-order valence-corrected chi connectivity index (χ1v) is 4.16. The van der Waals surface area contributed by atoms with Gasteiger partial charge in [-0.2, -0.15) is 0 Å². The number of aliphatic hydroxyl groups is 1. The van der Waals surface area contributed by atoms with Crippen LogP contribution >= 0.6 is 0 Å². The molecule has 1 N–H and O–H groups in total. The first kappa shape index (κ1) is 10.1. The van der Waals surface area contributed by atoms with Crippen LogP contribution in [0.3, 0.4) is 0 Å². The summed E-state index contributed by atoms with van der Waals surface area (Å²) in [7, 11) is 0. The molecule has 1 aromatic carbocycles. The molecular weight excluding hydrogens is 174 g/mol. The smallest absolute Gasteiger partial charge is 0.130 e. The van der Waals surface area contributed by atoms with Crippen molar-refractivity contribution in [2.75, 3.05) is 0 Å². The van der Waals surface area contributed by atoms with E-state index < -0.39 is 12.3 Å². The van der Waals surface area contributed by atoms with Crippen LogP contribution in [-0.2, 0) is 6.42 Å². The fraction of sp³-hybridized carbons (Fsp3) is 0.400. The lowest BCUT2D eigenvalue weighted by Gasteiger charge is -2.10. The van der Waals surface area contributed by atoms with Gasteiger partial charge in [0.1, 0.15) is 12.0 Å². The van der Waals surface area contributed by atoms with Gasteiger partial charge in [0.05, 0.1) is 6.10 Å². The first-order valence-electron chi connectivity index (χ1n) is 4.16. The average molecular weight is 186 g/mol. The third kappa shape index (κ3) is 3.11. The van der Waals surface area contributed by atoms with Crippen LogP contribution in [0.5, 0.6) is 0 Å². The van der Waals surface area contributed by atoms with Crippen molar-refractivity contribution >= 4 is 0 Å². The highest BCUT2D eigenvalue weighted by Gasteiger charge is 2.13. The molecule has 0 amide bonds. The van der Waals surface area contributed by atoms with Crippen molar-refractivity contribution in [3.8, 4) is 0 Å². The minimum absolute atomic E-state index is 0.123. The molecule has 0 spiro atoms. The largest absolute Gasteiger partial charge is 0.390 e. The van der Waals surface area contributed by atoms with E-state index in [1.54, 1.807) is 0 Å². The second kappa shape index (κ2) is 4.33. The van der Waals surface area contributed by atoms with Gasteiger partial charge in [-0.3, -0.25) is 0 Å². The number of hydrogen-bond acceptors (Lipinski definition) is 1. The highest BCUT2D eigenvalue weighted by atomic mass is 19.1. The Morgan fingerprint density at radius 2 is 1.85 bits per heavy atom. The molecular formula is C10H12F2O. The average Bonchev–Trinajstić information content (AvgIpc) is 2.08. The van der Waals surface area contributed by atoms with E-state index >= 15 is 0 Å². The van der Waals surface area contributed by atoms with Crippen molar-refractivity contribution in [1.82, 2.24) is 0 Å². The Kier molecular flexibility index (Phi) is 3.37. The molecule has 3 heteroatoms. The highest BCUT2D eigenvalue weighted by molar-refractivity contribution is 5.16. The number of hydrogen-bond donors (Lipinski definition) is 1. The Morgan fingerprint density at radius 1 is 1.31 bits per heavy atom. The highest BCUT2D eigenvalue weighted by Crippen LogP contribution is 2.10. The standard InChI is InChI=1S/C10H12F2O/c1-7(13)10(12)6-8-2-4-9(11)5-3-8/h2-5,7,10,13H,6H2,1H3. The van der Waals surface area contributed by atoms with Crippen LogP contribution in [-0.4, -0.2) is 17.4 Å². The summed E-state index contributed by atoms with van der Waals surface area (Å²) >= 11 is 0. The van der Waals surface area contributed by atoms with E-state index in [1.165, 1.54) is 31.2 Å². The molecule has 0 radical (unpaired) electrons. The number of aliphatic hydroxyl groups excluding tert-OH is 1. The molecule has 2 unspecified atom stereocenters. The van der Waals surface area contributed by atoms with Gasteiger partial charge in [0.15, 0.2) is 0 Å². The Morgan fingerprint density at radius 3 is 2.31 bits per heavy atom. The van der Waals surface area contributed by atoms with Crippen molar-refractivity contribution in [3.63, 3.8) is 0 Å². The topological polar surface area (TPSA) is 20.2 Å². The summed E-state index contributed by atoms with van der Waals surface area (Å²) in [5, 5.41) is 8.89. The van der Waals surface area contributed by atoms with Crippen molar-refractivity contribution in [2.24, 2.45) is 0 Å². The molecule has 72 valence electrons. The van der Waals surface area contributed by atoms with Crippen LogP contribution in [0.1, 0.15) is 12.5 Å². The van der Waals surface area contributed by atoms with Gasteiger partial charge >= 0.3 is 0 Å². The minimum Gasteiger partial charge on any atom is -0.390 e. The summed E-state index contributed by atoms with van der Waals surface area (Å²) in [4.78, 5) is 0. The molecule has 0 aliphatic carbocycles. The van der Waals surface area contributed by atoms with Gasteiger partial charge in [-0.25, -0.2) is 8.78 Å². The summed E-state index contributed by atoms with van der Waals surface area (Å²) in [6, 6.07) is 5.60. The number of benzene rings is 1. The van der Waals surface area contributed by atoms with E-state index in [0.29, 0.717) is 5.56 Å². The quantitative estimate of drug-likeness (QED) is 0.766. The van der Waals surface area contributed by atoms with Crippen LogP contribution in [0, 0.1) is 5.82 Å². The van der Waals surface area contributed by atoms with Crippen molar-refractivity contribution in [2.45, 2.75) is 25.6 Å². The third-order valence-electron chi connectivity index (χ3n) is 1.87. The van der Waals surface area contributed by atoms with Crippen LogP contribution in [0.25, 0.3) is 0 Å². The second-order valence-electron chi connectivity index (χ2n) is 3.09. The third-order valence-corrected chi connectivity index (χ3v) is 1.87. The zero-order chi connectivity index (χ0) is 9.84. The Hall–Kier alpha value is -0.960. The van der Waals surface area contributed by atoms with Crippen LogP contribution < -0.4 is 0 Å². The monoisotopic (exact) mass is 186 g/mol. The summed E-state index contributed by atoms with van der Waals surface area (Å²) < 4.78 is 25.4. The fourth-order valence-electron chi connectivity index (χ4n) is 1.02. The first-order chi connectivity index (χ1) is 6.09. The van der Waals surface area contributed by atoms with Crippen LogP contribution in [0.4, 0.5) is 8.78 Å². The van der Waals surface area contributed by atoms with Crippen LogP contribution in [0.15, 0.2) is 24.3 Å². The zero-order valence-electron chi connectivity index (χ0n) is 7.37. The number of alkyl halides is 1. The van der Waals surface area contributed by atoms with Gasteiger partial charge < -0.3 is 5.11 Å². The van der Waals surface area contributed by atoms with E-state index in [-0.39, 0.29) is 12.2 Å². The maximum atomic E-state index is 13.0. The molecule has 0 aromatic heterocycles. The SMILES string of the molecule is CC(O)C(F)Cc1ccc(F)cc1. The van der Waals surface area contributed by atoms with E-state index in [0.717, 1.165) is 0 Å². The molecule has 2 atom stereocenters. The van der Waals surface area contributed by atoms with E-state index in [9.17, 15) is 8.78 Å². The molecule has 0 saturated carbocycles. The molecule has 0 heterocycles. The molecule has 1 rings (SSSR count). The minimum atomic E-state index is -1.29. The van der Waals surface area contributed by atoms with Crippen LogP contribution in [0.2, 0.25) is 0 Å². The maximum Gasteiger partial charge on any atom is 0.130 e. The summed E-state index contributed by atoms with van der Waals surface area (Å²) in [6.45, 7) is 1.40. The second-order valence-corrected chi connectivity index (χ2v) is 3.09. The maximum absolute atomic E-state index is 13.0. The molecule has 0 fully saturated rings. The fourth-order valence-corrected chi connectivity index (χ4v) is 1.02. The summed E-state index contributed by atoms with van der Waals surface area (Å²) in [6.07, 6.45) is -2.15. The molecule has 0 aliphatic heterocycles. The molecule has 1 nitrogen and oxygen atoms in total. The molecule has 13 heavy (non-hydrogen) atoms. The lowest BCUT2D eigenvalue weighted by atomic mass is 10.1. The lowest BCUT2D eigenvalue weighted by molar-refractivity contribution is 0.0932. The lowest BCUT2D eigenvalue weighted by Crippen LogP contribution is -2.20. The molecule has 0 saturated heterocycles. The summed E-state index contributed by atoms with van der Waals surface area (Å²) in [5.41, 5.74) is 0.690. The normalized spacial score (nSPS) is 15.4. The Labute approximate surface area is 76.0 Å². The van der Waals surface area contributed by atoms with Gasteiger partial charge in [-0.05, 0) is 24.6 Å². The van der Waals surface area contributed by atoms with E-state index in [1.807, 2.05) is 0 Å². The van der Waals surface area contributed by atoms with Gasteiger partial charge in [0, 0.05) is 6.42 Å². The molecule has 0 bridgehead atoms. The van der Waals surface area contributed by atoms with Crippen molar-refractivity contribution < 1.29 is 13.9 Å². The molecule has 1 aromatic rings. The molecule has 0 aliphatic rings. The van der Waals surface area contributed by atoms with E-state index in [4.69, 9.17) is 5.11 Å². The van der Waals surface area contributed by atoms with Crippen molar-refractivity contribution in [3.05, 3.63) is 35.6 Å². The van der Waals surface area contributed by atoms with Gasteiger partial charge in [-0.15, -0.1) is 0 Å².